The number of piperazine rings is 1. The third-order valence-electron chi connectivity index (χ3n) is 7.67. The largest absolute Gasteiger partial charge is 0.489 e. The number of halogens is 3. The van der Waals surface area contributed by atoms with Crippen molar-refractivity contribution in [2.45, 2.75) is 58.0 Å². The van der Waals surface area contributed by atoms with Crippen molar-refractivity contribution in [3.05, 3.63) is 63.2 Å². The molecule has 2 aliphatic heterocycles. The zero-order valence-corrected chi connectivity index (χ0v) is 24.0. The minimum atomic E-state index is -1.64. The van der Waals surface area contributed by atoms with Gasteiger partial charge in [-0.1, -0.05) is 25.4 Å². The maximum absolute atomic E-state index is 15.4. The van der Waals surface area contributed by atoms with Crippen LogP contribution in [0.1, 0.15) is 45.0 Å². The first-order chi connectivity index (χ1) is 19.7. The summed E-state index contributed by atoms with van der Waals surface area (Å²) in [6.07, 6.45) is 0.823. The predicted octanol–water partition coefficient (Wildman–Crippen LogP) is 4.51. The van der Waals surface area contributed by atoms with Crippen LogP contribution in [-0.2, 0) is 4.74 Å². The van der Waals surface area contributed by atoms with Gasteiger partial charge in [-0.05, 0) is 38.0 Å². The summed E-state index contributed by atoms with van der Waals surface area (Å²) in [4.78, 5) is 30.0. The molecular weight excluding hydrogens is 554 g/mol. The van der Waals surface area contributed by atoms with E-state index < -0.39 is 23.8 Å². The second kappa shape index (κ2) is 10.8. The number of hydrogen-bond acceptors (Lipinski definition) is 8. The number of fused-ring (bicyclic) bond motifs is 5. The van der Waals surface area contributed by atoms with Gasteiger partial charge in [0.1, 0.15) is 42.0 Å². The van der Waals surface area contributed by atoms with E-state index in [1.54, 1.807) is 18.3 Å². The van der Waals surface area contributed by atoms with Crippen LogP contribution >= 0.6 is 11.6 Å². The molecule has 2 bridgehead atoms. The fourth-order valence-electron chi connectivity index (χ4n) is 5.66. The van der Waals surface area contributed by atoms with Crippen LogP contribution in [0.2, 0.25) is 5.02 Å². The average Bonchev–Trinajstić information content (AvgIpc) is 2.93. The van der Waals surface area contributed by atoms with E-state index >= 15 is 8.78 Å². The lowest BCUT2D eigenvalue weighted by Crippen LogP contribution is -2.55. The molecule has 1 fully saturated rings. The first kappa shape index (κ1) is 27.7. The van der Waals surface area contributed by atoms with Crippen LogP contribution in [0.15, 0.2) is 41.1 Å². The van der Waals surface area contributed by atoms with Gasteiger partial charge in [-0.15, -0.1) is 0 Å². The lowest BCUT2D eigenvalue weighted by molar-refractivity contribution is 0.0313. The van der Waals surface area contributed by atoms with Gasteiger partial charge in [0.05, 0.1) is 28.4 Å². The molecular formula is C29H31ClF2N6O3. The number of anilines is 1. The molecule has 0 amide bonds. The van der Waals surface area contributed by atoms with Crippen LogP contribution < -0.4 is 20.6 Å². The third kappa shape index (κ3) is 4.79. The van der Waals surface area contributed by atoms with Crippen molar-refractivity contribution in [1.82, 2.24) is 24.8 Å². The van der Waals surface area contributed by atoms with Gasteiger partial charge in [-0.3, -0.25) is 4.98 Å². The Morgan fingerprint density at radius 3 is 2.80 bits per heavy atom. The van der Waals surface area contributed by atoms with Crippen molar-refractivity contribution in [2.75, 3.05) is 31.2 Å². The first-order valence-corrected chi connectivity index (χ1v) is 14.1. The van der Waals surface area contributed by atoms with Crippen molar-refractivity contribution in [3.63, 3.8) is 0 Å². The molecule has 0 aromatic carbocycles. The van der Waals surface area contributed by atoms with E-state index in [9.17, 15) is 4.79 Å². The van der Waals surface area contributed by atoms with E-state index in [2.05, 4.69) is 22.2 Å². The number of rotatable bonds is 2. The third-order valence-corrected chi connectivity index (χ3v) is 7.96. The van der Waals surface area contributed by atoms with Gasteiger partial charge in [0.25, 0.3) is 0 Å². The summed E-state index contributed by atoms with van der Waals surface area (Å²) in [5, 5.41) is 4.01. The molecule has 0 spiro atoms. The van der Waals surface area contributed by atoms with Gasteiger partial charge in [0.2, 0.25) is 0 Å². The minimum Gasteiger partial charge on any atom is -0.489 e. The van der Waals surface area contributed by atoms with E-state index in [0.29, 0.717) is 41.4 Å². The zero-order chi connectivity index (χ0) is 29.0. The van der Waals surface area contributed by atoms with Gasteiger partial charge >= 0.3 is 5.69 Å². The summed E-state index contributed by atoms with van der Waals surface area (Å²) in [6.45, 7) is 9.25. The number of hydrogen-bond donors (Lipinski definition) is 1. The Balaban J connectivity index is 1.74. The van der Waals surface area contributed by atoms with Crippen LogP contribution in [-0.4, -0.2) is 70.2 Å². The minimum absolute atomic E-state index is 0.00118. The van der Waals surface area contributed by atoms with Crippen LogP contribution in [0.25, 0.3) is 22.3 Å². The number of nitrogens with zero attached hydrogens (tertiary/aromatic N) is 5. The van der Waals surface area contributed by atoms with Crippen LogP contribution in [0.4, 0.5) is 14.6 Å². The van der Waals surface area contributed by atoms with Gasteiger partial charge in [-0.25, -0.2) is 23.1 Å². The SMILES string of the molecule is CC(C)c1nccc2c1-n1c(=O)nc(N3C[C@@H](C)NC[C@@H]3C)c3cc(Cl)c(nc31)C1=C(F)C=CC(F)C1OCCO2. The summed E-state index contributed by atoms with van der Waals surface area (Å²) in [7, 11) is 0. The Kier molecular flexibility index (Phi) is 7.29. The summed E-state index contributed by atoms with van der Waals surface area (Å²) in [5.74, 6) is -0.0222. The van der Waals surface area contributed by atoms with E-state index in [4.69, 9.17) is 26.1 Å². The topological polar surface area (TPSA) is 94.4 Å². The number of alkyl halides is 1. The van der Waals surface area contributed by atoms with Crippen LogP contribution in [0.3, 0.4) is 0 Å². The van der Waals surface area contributed by atoms with E-state index in [1.807, 2.05) is 25.7 Å². The summed E-state index contributed by atoms with van der Waals surface area (Å²) in [6, 6.07) is 3.43. The quantitative estimate of drug-likeness (QED) is 0.470. The molecule has 1 N–H and O–H groups in total. The smallest absolute Gasteiger partial charge is 0.356 e. The molecule has 216 valence electrons. The van der Waals surface area contributed by atoms with Crippen molar-refractivity contribution in [2.24, 2.45) is 0 Å². The molecule has 12 heteroatoms. The van der Waals surface area contributed by atoms with Crippen molar-refractivity contribution < 1.29 is 18.3 Å². The van der Waals surface area contributed by atoms with Gasteiger partial charge in [0.15, 0.2) is 5.65 Å². The number of pyridine rings is 2. The second-order valence-corrected chi connectivity index (χ2v) is 11.4. The molecule has 0 saturated carbocycles. The molecule has 1 aliphatic carbocycles. The summed E-state index contributed by atoms with van der Waals surface area (Å²) < 4.78 is 43.8. The van der Waals surface area contributed by atoms with E-state index in [1.165, 1.54) is 4.57 Å². The van der Waals surface area contributed by atoms with Crippen molar-refractivity contribution in [3.8, 4) is 11.4 Å². The standard InChI is InChI=1S/C29H31ClF2N6O3/c1-14(2)23-25-21(7-8-33-23)40-9-10-41-26-20(32)6-5-19(31)22(26)24-18(30)11-17-27(36-29(39)38(25)28(17)35-24)37-13-15(3)34-12-16(37)4/h5-8,11,14-16,20,26,34H,9-10,12-13H2,1-4H3/t15-,16+,20?,26?/m1/s1. The molecule has 5 heterocycles. The molecule has 9 nitrogen and oxygen atoms in total. The normalized spacial score (nSPS) is 24.6. The first-order valence-electron chi connectivity index (χ1n) is 13.7. The molecule has 1 saturated heterocycles. The Labute approximate surface area is 240 Å². The molecule has 2 unspecified atom stereocenters. The highest BCUT2D eigenvalue weighted by Crippen LogP contribution is 2.40. The monoisotopic (exact) mass is 584 g/mol. The van der Waals surface area contributed by atoms with Crippen LogP contribution in [0.5, 0.6) is 5.75 Å². The van der Waals surface area contributed by atoms with Gasteiger partial charge < -0.3 is 19.7 Å². The highest BCUT2D eigenvalue weighted by atomic mass is 35.5. The maximum Gasteiger partial charge on any atom is 0.356 e. The van der Waals surface area contributed by atoms with E-state index in [0.717, 1.165) is 12.2 Å². The molecule has 3 aromatic heterocycles. The maximum atomic E-state index is 15.4. The highest BCUT2D eigenvalue weighted by Gasteiger charge is 2.35. The van der Waals surface area contributed by atoms with Gasteiger partial charge in [-0.2, -0.15) is 4.98 Å². The fourth-order valence-corrected chi connectivity index (χ4v) is 5.91. The molecule has 4 atom stereocenters. The molecule has 41 heavy (non-hydrogen) atoms. The summed E-state index contributed by atoms with van der Waals surface area (Å²) >= 11 is 6.81. The number of nitrogens with one attached hydrogen (secondary N) is 1. The zero-order valence-electron chi connectivity index (χ0n) is 23.2. The Morgan fingerprint density at radius 2 is 2.02 bits per heavy atom. The lowest BCUT2D eigenvalue weighted by Gasteiger charge is -2.39. The molecule has 6 rings (SSSR count). The molecule has 3 aliphatic rings. The Morgan fingerprint density at radius 1 is 1.22 bits per heavy atom. The number of aromatic nitrogens is 4. The summed E-state index contributed by atoms with van der Waals surface area (Å²) in [5.41, 5.74) is 0.439. The van der Waals surface area contributed by atoms with Crippen molar-refractivity contribution >= 4 is 34.0 Å². The van der Waals surface area contributed by atoms with E-state index in [-0.39, 0.29) is 53.2 Å². The molecule has 3 aromatic rings. The Hall–Kier alpha value is -3.41. The number of ether oxygens (including phenoxy) is 2. The van der Waals surface area contributed by atoms with Crippen molar-refractivity contribution in [1.29, 1.82) is 0 Å². The predicted molar refractivity (Wildman–Crippen MR) is 154 cm³/mol. The Bertz CT molecular complexity index is 1640. The second-order valence-electron chi connectivity index (χ2n) is 11.0. The number of allylic oxidation sites excluding steroid dienone is 2. The lowest BCUT2D eigenvalue weighted by atomic mass is 9.95. The fraction of sp³-hybridized carbons (Fsp3) is 0.448. The average molecular weight is 585 g/mol. The van der Waals surface area contributed by atoms with Gasteiger partial charge in [0, 0.05) is 43.0 Å². The molecule has 0 radical (unpaired) electrons. The van der Waals surface area contributed by atoms with Crippen LogP contribution in [0, 0.1) is 0 Å². The highest BCUT2D eigenvalue weighted by molar-refractivity contribution is 6.33.